The van der Waals surface area contributed by atoms with Crippen LogP contribution < -0.4 is 15.5 Å². The molecule has 3 fully saturated rings. The van der Waals surface area contributed by atoms with E-state index in [1.807, 2.05) is 26.0 Å². The standard InChI is InChI=1S/C23H31N5O3.C2H6/c29-21-4-3-20(22(30)25-21)28-15-17-13-18(1-2-19(17)23(28)31)27-9-5-16(6-10-27)14-26-11-7-24-8-12-26;1-2/h1-2,13,16,20,24H,3-12,14-15H2,(H,25,29,30);1-2H3. The Kier molecular flexibility index (Phi) is 7.65. The molecule has 2 N–H and O–H groups in total. The minimum absolute atomic E-state index is 0.106. The molecular formula is C25H37N5O3. The first-order chi connectivity index (χ1) is 16.1. The van der Waals surface area contributed by atoms with Gasteiger partial charge in [0.15, 0.2) is 0 Å². The highest BCUT2D eigenvalue weighted by Gasteiger charge is 2.39. The van der Waals surface area contributed by atoms with Crippen LogP contribution in [-0.4, -0.2) is 79.4 Å². The summed E-state index contributed by atoms with van der Waals surface area (Å²) in [5, 5.41) is 5.78. The maximum Gasteiger partial charge on any atom is 0.255 e. The lowest BCUT2D eigenvalue weighted by Crippen LogP contribution is -2.52. The van der Waals surface area contributed by atoms with Crippen LogP contribution in [0.3, 0.4) is 0 Å². The van der Waals surface area contributed by atoms with Gasteiger partial charge in [-0.05, 0) is 48.9 Å². The first-order valence-electron chi connectivity index (χ1n) is 12.5. The number of nitrogens with one attached hydrogen (secondary N) is 2. The lowest BCUT2D eigenvalue weighted by Gasteiger charge is -2.37. The molecule has 5 rings (SSSR count). The number of imide groups is 1. The lowest BCUT2D eigenvalue weighted by molar-refractivity contribution is -0.136. The zero-order valence-electron chi connectivity index (χ0n) is 19.9. The molecule has 1 aromatic rings. The van der Waals surface area contributed by atoms with E-state index < -0.39 is 6.04 Å². The molecule has 4 heterocycles. The lowest BCUT2D eigenvalue weighted by atomic mass is 9.95. The average Bonchev–Trinajstić information content (AvgIpc) is 3.17. The smallest absolute Gasteiger partial charge is 0.255 e. The van der Waals surface area contributed by atoms with E-state index in [-0.39, 0.29) is 24.1 Å². The Bertz CT molecular complexity index is 875. The molecular weight excluding hydrogens is 418 g/mol. The first-order valence-corrected chi connectivity index (χ1v) is 12.5. The van der Waals surface area contributed by atoms with Gasteiger partial charge in [-0.1, -0.05) is 13.8 Å². The van der Waals surface area contributed by atoms with Crippen molar-refractivity contribution in [3.8, 4) is 0 Å². The van der Waals surface area contributed by atoms with E-state index in [1.165, 1.54) is 19.4 Å². The number of benzene rings is 1. The number of piperidine rings is 2. The van der Waals surface area contributed by atoms with Gasteiger partial charge in [-0.3, -0.25) is 19.7 Å². The van der Waals surface area contributed by atoms with Gasteiger partial charge in [-0.25, -0.2) is 0 Å². The fourth-order valence-electron chi connectivity index (χ4n) is 5.39. The monoisotopic (exact) mass is 455 g/mol. The topological polar surface area (TPSA) is 85.0 Å². The van der Waals surface area contributed by atoms with E-state index in [1.54, 1.807) is 4.90 Å². The summed E-state index contributed by atoms with van der Waals surface area (Å²) in [6, 6.07) is 5.52. The fourth-order valence-corrected chi connectivity index (χ4v) is 5.39. The number of nitrogens with zero attached hydrogens (tertiary/aromatic N) is 3. The van der Waals surface area contributed by atoms with Gasteiger partial charge < -0.3 is 20.0 Å². The van der Waals surface area contributed by atoms with Crippen molar-refractivity contribution >= 4 is 23.4 Å². The third-order valence-electron chi connectivity index (χ3n) is 7.21. The fraction of sp³-hybridized carbons (Fsp3) is 0.640. The number of rotatable bonds is 4. The van der Waals surface area contributed by atoms with Crippen LogP contribution in [0.2, 0.25) is 0 Å². The molecule has 8 nitrogen and oxygen atoms in total. The highest BCUT2D eigenvalue weighted by Crippen LogP contribution is 2.32. The van der Waals surface area contributed by atoms with Gasteiger partial charge in [0, 0.05) is 70.0 Å². The zero-order chi connectivity index (χ0) is 23.4. The predicted octanol–water partition coefficient (Wildman–Crippen LogP) is 1.60. The number of hydrogen-bond donors (Lipinski definition) is 2. The summed E-state index contributed by atoms with van der Waals surface area (Å²) in [7, 11) is 0. The molecule has 180 valence electrons. The molecule has 0 aromatic heterocycles. The Balaban J connectivity index is 0.00000126. The number of amides is 3. The van der Waals surface area contributed by atoms with Gasteiger partial charge in [0.25, 0.3) is 5.91 Å². The second-order valence-corrected chi connectivity index (χ2v) is 9.22. The molecule has 3 saturated heterocycles. The SMILES string of the molecule is CC.O=C1CCC(N2Cc3cc(N4CCC(CN5CCNCC5)CC4)ccc3C2=O)C(=O)N1. The van der Waals surface area contributed by atoms with E-state index in [4.69, 9.17) is 0 Å². The molecule has 0 aliphatic carbocycles. The van der Waals surface area contributed by atoms with Crippen molar-refractivity contribution in [3.05, 3.63) is 29.3 Å². The molecule has 3 amide bonds. The summed E-state index contributed by atoms with van der Waals surface area (Å²) in [5.74, 6) is 0.0383. The predicted molar refractivity (Wildman–Crippen MR) is 128 cm³/mol. The second kappa shape index (κ2) is 10.7. The summed E-state index contributed by atoms with van der Waals surface area (Å²) >= 11 is 0. The Morgan fingerprint density at radius 3 is 2.39 bits per heavy atom. The summed E-state index contributed by atoms with van der Waals surface area (Å²) in [6.07, 6.45) is 3.08. The molecule has 1 aromatic carbocycles. The van der Waals surface area contributed by atoms with Crippen molar-refractivity contribution in [1.29, 1.82) is 0 Å². The number of piperazine rings is 1. The van der Waals surface area contributed by atoms with E-state index in [9.17, 15) is 14.4 Å². The van der Waals surface area contributed by atoms with Crippen LogP contribution in [0.4, 0.5) is 5.69 Å². The highest BCUT2D eigenvalue weighted by atomic mass is 16.2. The van der Waals surface area contributed by atoms with Crippen LogP contribution in [0.25, 0.3) is 0 Å². The van der Waals surface area contributed by atoms with Crippen LogP contribution in [0.5, 0.6) is 0 Å². The number of anilines is 1. The maximum absolute atomic E-state index is 12.9. The third kappa shape index (κ3) is 5.22. The van der Waals surface area contributed by atoms with Crippen molar-refractivity contribution in [1.82, 2.24) is 20.4 Å². The van der Waals surface area contributed by atoms with Crippen molar-refractivity contribution in [2.75, 3.05) is 50.7 Å². The van der Waals surface area contributed by atoms with Crippen LogP contribution in [0, 0.1) is 5.92 Å². The number of carbonyl (C=O) groups excluding carboxylic acids is 3. The van der Waals surface area contributed by atoms with Crippen molar-refractivity contribution in [2.24, 2.45) is 5.92 Å². The Hall–Kier alpha value is -2.45. The molecule has 33 heavy (non-hydrogen) atoms. The quantitative estimate of drug-likeness (QED) is 0.671. The molecule has 8 heteroatoms. The third-order valence-corrected chi connectivity index (χ3v) is 7.21. The van der Waals surface area contributed by atoms with Crippen LogP contribution >= 0.6 is 0 Å². The van der Waals surface area contributed by atoms with Gasteiger partial charge in [0.1, 0.15) is 6.04 Å². The van der Waals surface area contributed by atoms with E-state index in [0.29, 0.717) is 18.5 Å². The van der Waals surface area contributed by atoms with Crippen molar-refractivity contribution < 1.29 is 14.4 Å². The van der Waals surface area contributed by atoms with Crippen LogP contribution in [0.1, 0.15) is 55.5 Å². The summed E-state index contributed by atoms with van der Waals surface area (Å²) in [6.45, 7) is 12.2. The number of hydrogen-bond acceptors (Lipinski definition) is 6. The molecule has 0 bridgehead atoms. The largest absolute Gasteiger partial charge is 0.372 e. The Morgan fingerprint density at radius 2 is 1.70 bits per heavy atom. The molecule has 4 aliphatic rings. The van der Waals surface area contributed by atoms with Crippen LogP contribution in [-0.2, 0) is 16.1 Å². The summed E-state index contributed by atoms with van der Waals surface area (Å²) < 4.78 is 0. The normalized spacial score (nSPS) is 24.3. The first kappa shape index (κ1) is 23.7. The van der Waals surface area contributed by atoms with Gasteiger partial charge in [0.05, 0.1) is 0 Å². The zero-order valence-corrected chi connectivity index (χ0v) is 19.9. The van der Waals surface area contributed by atoms with Crippen molar-refractivity contribution in [3.63, 3.8) is 0 Å². The number of carbonyl (C=O) groups is 3. The minimum Gasteiger partial charge on any atom is -0.372 e. The van der Waals surface area contributed by atoms with E-state index in [0.717, 1.165) is 56.4 Å². The Morgan fingerprint density at radius 1 is 0.970 bits per heavy atom. The van der Waals surface area contributed by atoms with Crippen molar-refractivity contribution in [2.45, 2.75) is 52.1 Å². The van der Waals surface area contributed by atoms with E-state index in [2.05, 4.69) is 26.5 Å². The molecule has 0 radical (unpaired) electrons. The molecule has 4 aliphatic heterocycles. The maximum atomic E-state index is 12.9. The van der Waals surface area contributed by atoms with Crippen LogP contribution in [0.15, 0.2) is 18.2 Å². The van der Waals surface area contributed by atoms with Gasteiger partial charge >= 0.3 is 0 Å². The Labute approximate surface area is 196 Å². The summed E-state index contributed by atoms with van der Waals surface area (Å²) in [4.78, 5) is 43.2. The number of fused-ring (bicyclic) bond motifs is 1. The van der Waals surface area contributed by atoms with Gasteiger partial charge in [0.2, 0.25) is 11.8 Å². The minimum atomic E-state index is -0.554. The second-order valence-electron chi connectivity index (χ2n) is 9.22. The van der Waals surface area contributed by atoms with E-state index >= 15 is 0 Å². The molecule has 0 saturated carbocycles. The molecule has 0 spiro atoms. The van der Waals surface area contributed by atoms with Gasteiger partial charge in [-0.15, -0.1) is 0 Å². The molecule has 1 unspecified atom stereocenters. The highest BCUT2D eigenvalue weighted by molar-refractivity contribution is 6.05. The van der Waals surface area contributed by atoms with Gasteiger partial charge in [-0.2, -0.15) is 0 Å². The average molecular weight is 456 g/mol. The molecule has 1 atom stereocenters. The summed E-state index contributed by atoms with van der Waals surface area (Å²) in [5.41, 5.74) is 2.83.